The fourth-order valence-electron chi connectivity index (χ4n) is 3.66. The van der Waals surface area contributed by atoms with Crippen molar-refractivity contribution >= 4 is 5.91 Å². The Bertz CT molecular complexity index is 322. The van der Waals surface area contributed by atoms with Gasteiger partial charge in [0.25, 0.3) is 0 Å². The zero-order chi connectivity index (χ0) is 12.6. The SMILES string of the molecule is COC[C@@H]1C(=O)N(CC2CC2)CC12CCNCC2. The highest BCUT2D eigenvalue weighted by atomic mass is 16.5. The van der Waals surface area contributed by atoms with Crippen molar-refractivity contribution in [1.29, 1.82) is 0 Å². The standard InChI is InChI=1S/C14H24N2O2/c1-18-9-12-13(17)16(8-11-2-3-11)10-14(12)4-6-15-7-5-14/h11-12,15H,2-10H2,1H3/t12-/m1/s1. The van der Waals surface area contributed by atoms with Gasteiger partial charge in [0.05, 0.1) is 12.5 Å². The Morgan fingerprint density at radius 1 is 1.39 bits per heavy atom. The van der Waals surface area contributed by atoms with Crippen LogP contribution in [0.3, 0.4) is 0 Å². The zero-order valence-corrected chi connectivity index (χ0v) is 11.3. The molecule has 18 heavy (non-hydrogen) atoms. The number of nitrogens with one attached hydrogen (secondary N) is 1. The minimum absolute atomic E-state index is 0.100. The van der Waals surface area contributed by atoms with Gasteiger partial charge in [-0.05, 0) is 44.7 Å². The first-order valence-electron chi connectivity index (χ1n) is 7.24. The van der Waals surface area contributed by atoms with E-state index in [4.69, 9.17) is 4.74 Å². The molecule has 0 radical (unpaired) electrons. The van der Waals surface area contributed by atoms with Crippen molar-refractivity contribution in [2.75, 3.05) is 39.9 Å². The molecule has 3 fully saturated rings. The van der Waals surface area contributed by atoms with E-state index < -0.39 is 0 Å². The minimum Gasteiger partial charge on any atom is -0.384 e. The average molecular weight is 252 g/mol. The molecule has 1 amide bonds. The average Bonchev–Trinajstić information content (AvgIpc) is 3.15. The quantitative estimate of drug-likeness (QED) is 0.807. The van der Waals surface area contributed by atoms with Crippen LogP contribution in [0.15, 0.2) is 0 Å². The van der Waals surface area contributed by atoms with Gasteiger partial charge in [-0.25, -0.2) is 0 Å². The number of nitrogens with zero attached hydrogens (tertiary/aromatic N) is 1. The summed E-state index contributed by atoms with van der Waals surface area (Å²) in [5.74, 6) is 1.24. The predicted octanol–water partition coefficient (Wildman–Crippen LogP) is 0.871. The van der Waals surface area contributed by atoms with Gasteiger partial charge in [0.15, 0.2) is 0 Å². The third-order valence-corrected chi connectivity index (χ3v) is 4.96. The predicted molar refractivity (Wildman–Crippen MR) is 69.2 cm³/mol. The summed E-state index contributed by atoms with van der Waals surface area (Å²) in [4.78, 5) is 14.7. The van der Waals surface area contributed by atoms with Crippen molar-refractivity contribution < 1.29 is 9.53 Å². The molecular weight excluding hydrogens is 228 g/mol. The zero-order valence-electron chi connectivity index (χ0n) is 11.3. The van der Waals surface area contributed by atoms with Crippen LogP contribution >= 0.6 is 0 Å². The van der Waals surface area contributed by atoms with Crippen molar-refractivity contribution in [3.63, 3.8) is 0 Å². The first kappa shape index (κ1) is 12.4. The molecule has 2 heterocycles. The van der Waals surface area contributed by atoms with Crippen LogP contribution in [0.2, 0.25) is 0 Å². The molecule has 3 rings (SSSR count). The largest absolute Gasteiger partial charge is 0.384 e. The third-order valence-electron chi connectivity index (χ3n) is 4.96. The first-order valence-corrected chi connectivity index (χ1v) is 7.24. The van der Waals surface area contributed by atoms with E-state index in [2.05, 4.69) is 10.2 Å². The van der Waals surface area contributed by atoms with Gasteiger partial charge in [0.1, 0.15) is 0 Å². The van der Waals surface area contributed by atoms with E-state index in [1.54, 1.807) is 7.11 Å². The fourth-order valence-corrected chi connectivity index (χ4v) is 3.66. The molecule has 2 aliphatic heterocycles. The van der Waals surface area contributed by atoms with E-state index in [9.17, 15) is 4.79 Å². The Morgan fingerprint density at radius 3 is 2.72 bits per heavy atom. The summed E-state index contributed by atoms with van der Waals surface area (Å²) in [7, 11) is 1.71. The van der Waals surface area contributed by atoms with Gasteiger partial charge in [0.2, 0.25) is 5.91 Å². The van der Waals surface area contributed by atoms with Crippen LogP contribution in [0.1, 0.15) is 25.7 Å². The van der Waals surface area contributed by atoms with Gasteiger partial charge in [-0.3, -0.25) is 4.79 Å². The van der Waals surface area contributed by atoms with Crippen LogP contribution in [-0.2, 0) is 9.53 Å². The van der Waals surface area contributed by atoms with E-state index in [-0.39, 0.29) is 11.3 Å². The Kier molecular flexibility index (Phi) is 3.32. The highest BCUT2D eigenvalue weighted by Crippen LogP contribution is 2.45. The van der Waals surface area contributed by atoms with Crippen molar-refractivity contribution in [3.05, 3.63) is 0 Å². The smallest absolute Gasteiger partial charge is 0.228 e. The summed E-state index contributed by atoms with van der Waals surface area (Å²) in [6.07, 6.45) is 4.86. The summed E-state index contributed by atoms with van der Waals surface area (Å²) in [6.45, 7) is 4.65. The molecule has 4 heteroatoms. The minimum atomic E-state index is 0.100. The van der Waals surface area contributed by atoms with E-state index in [0.717, 1.165) is 44.9 Å². The van der Waals surface area contributed by atoms with E-state index in [1.807, 2.05) is 0 Å². The third kappa shape index (κ3) is 2.16. The maximum absolute atomic E-state index is 12.6. The van der Waals surface area contributed by atoms with E-state index >= 15 is 0 Å². The number of rotatable bonds is 4. The first-order chi connectivity index (χ1) is 8.75. The number of hydrogen-bond donors (Lipinski definition) is 1. The number of piperidine rings is 1. The van der Waals surface area contributed by atoms with Crippen molar-refractivity contribution in [1.82, 2.24) is 10.2 Å². The van der Waals surface area contributed by atoms with Gasteiger partial charge >= 0.3 is 0 Å². The number of amides is 1. The second-order valence-corrected chi connectivity index (χ2v) is 6.28. The monoisotopic (exact) mass is 252 g/mol. The van der Waals surface area contributed by atoms with Crippen molar-refractivity contribution in [2.24, 2.45) is 17.3 Å². The van der Waals surface area contributed by atoms with E-state index in [0.29, 0.717) is 12.5 Å². The molecule has 1 saturated carbocycles. The lowest BCUT2D eigenvalue weighted by atomic mass is 9.71. The molecule has 1 spiro atoms. The lowest BCUT2D eigenvalue weighted by molar-refractivity contribution is -0.133. The Hall–Kier alpha value is -0.610. The summed E-state index contributed by atoms with van der Waals surface area (Å²) in [5, 5.41) is 3.41. The molecule has 0 unspecified atom stereocenters. The van der Waals surface area contributed by atoms with Gasteiger partial charge in [-0.2, -0.15) is 0 Å². The van der Waals surface area contributed by atoms with Crippen molar-refractivity contribution in [2.45, 2.75) is 25.7 Å². The van der Waals surface area contributed by atoms with E-state index in [1.165, 1.54) is 12.8 Å². The molecule has 1 atom stereocenters. The molecular formula is C14H24N2O2. The van der Waals surface area contributed by atoms with Crippen LogP contribution in [0.25, 0.3) is 0 Å². The Balaban J connectivity index is 1.75. The second kappa shape index (κ2) is 4.82. The summed E-state index contributed by atoms with van der Waals surface area (Å²) >= 11 is 0. The molecule has 0 aromatic carbocycles. The summed E-state index contributed by atoms with van der Waals surface area (Å²) in [6, 6.07) is 0. The van der Waals surface area contributed by atoms with Gasteiger partial charge in [-0.15, -0.1) is 0 Å². The fraction of sp³-hybridized carbons (Fsp3) is 0.929. The molecule has 2 saturated heterocycles. The highest BCUT2D eigenvalue weighted by molar-refractivity contribution is 5.82. The molecule has 0 aromatic heterocycles. The maximum atomic E-state index is 12.6. The normalized spacial score (nSPS) is 31.3. The number of ether oxygens (including phenoxy) is 1. The molecule has 3 aliphatic rings. The number of hydrogen-bond acceptors (Lipinski definition) is 3. The van der Waals surface area contributed by atoms with Gasteiger partial charge in [0, 0.05) is 25.6 Å². The summed E-state index contributed by atoms with van der Waals surface area (Å²) < 4.78 is 5.32. The number of likely N-dealkylation sites (tertiary alicyclic amines) is 1. The maximum Gasteiger partial charge on any atom is 0.228 e. The molecule has 1 N–H and O–H groups in total. The second-order valence-electron chi connectivity index (χ2n) is 6.28. The summed E-state index contributed by atoms with van der Waals surface area (Å²) in [5.41, 5.74) is 0.188. The van der Waals surface area contributed by atoms with Crippen LogP contribution in [0, 0.1) is 17.3 Å². The number of methoxy groups -OCH3 is 1. The number of carbonyl (C=O) groups is 1. The Labute approximate surface area is 109 Å². The van der Waals surface area contributed by atoms with Gasteiger partial charge in [-0.1, -0.05) is 0 Å². The topological polar surface area (TPSA) is 41.6 Å². The van der Waals surface area contributed by atoms with Crippen molar-refractivity contribution in [3.8, 4) is 0 Å². The molecule has 4 nitrogen and oxygen atoms in total. The molecule has 1 aliphatic carbocycles. The van der Waals surface area contributed by atoms with Crippen LogP contribution in [0.4, 0.5) is 0 Å². The number of carbonyl (C=O) groups excluding carboxylic acids is 1. The lowest BCUT2D eigenvalue weighted by Crippen LogP contribution is -2.43. The molecule has 0 aromatic rings. The molecule has 0 bridgehead atoms. The van der Waals surface area contributed by atoms with Crippen LogP contribution in [0.5, 0.6) is 0 Å². The van der Waals surface area contributed by atoms with Gasteiger partial charge < -0.3 is 15.0 Å². The molecule has 102 valence electrons. The lowest BCUT2D eigenvalue weighted by Gasteiger charge is -2.37. The van der Waals surface area contributed by atoms with Crippen LogP contribution in [-0.4, -0.2) is 50.7 Å². The van der Waals surface area contributed by atoms with Crippen LogP contribution < -0.4 is 5.32 Å². The Morgan fingerprint density at radius 2 is 2.11 bits per heavy atom. The highest BCUT2D eigenvalue weighted by Gasteiger charge is 2.52.